The monoisotopic (exact) mass is 419 g/mol. The summed E-state index contributed by atoms with van der Waals surface area (Å²) in [7, 11) is 4.00. The maximum atomic E-state index is 12.5. The average Bonchev–Trinajstić information content (AvgIpc) is 3.05. The molecule has 1 atom stereocenters. The molecule has 0 aliphatic carbocycles. The van der Waals surface area contributed by atoms with Crippen molar-refractivity contribution in [3.8, 4) is 0 Å². The smallest absolute Gasteiger partial charge is 0.307 e. The van der Waals surface area contributed by atoms with Gasteiger partial charge in [-0.2, -0.15) is 0 Å². The van der Waals surface area contributed by atoms with Crippen molar-refractivity contribution in [2.24, 2.45) is 0 Å². The number of nitrogens with one attached hydrogen (secondary N) is 1. The summed E-state index contributed by atoms with van der Waals surface area (Å²) in [6, 6.07) is 16.3. The summed E-state index contributed by atoms with van der Waals surface area (Å²) in [5, 5.41) is 13.8. The van der Waals surface area contributed by atoms with Gasteiger partial charge < -0.3 is 19.9 Å². The van der Waals surface area contributed by atoms with E-state index in [1.807, 2.05) is 61.5 Å². The van der Waals surface area contributed by atoms with E-state index in [1.165, 1.54) is 0 Å². The van der Waals surface area contributed by atoms with Crippen LogP contribution in [0.4, 0.5) is 5.69 Å². The molecular formula is C25H29N3O3. The molecule has 0 unspecified atom stereocenters. The molecule has 0 saturated heterocycles. The Hall–Kier alpha value is -3.12. The molecule has 162 valence electrons. The fourth-order valence-electron chi connectivity index (χ4n) is 4.52. The maximum absolute atomic E-state index is 12.5. The first-order valence-electron chi connectivity index (χ1n) is 10.7. The Morgan fingerprint density at radius 3 is 2.55 bits per heavy atom. The average molecular weight is 420 g/mol. The zero-order valence-corrected chi connectivity index (χ0v) is 18.1. The van der Waals surface area contributed by atoms with Gasteiger partial charge in [-0.15, -0.1) is 0 Å². The summed E-state index contributed by atoms with van der Waals surface area (Å²) in [6.07, 6.45) is 2.18. The number of fused-ring (bicyclic) bond motifs is 3. The number of carbonyl (C=O) groups excluding carboxylic acids is 1. The molecule has 2 heterocycles. The van der Waals surface area contributed by atoms with E-state index in [9.17, 15) is 14.7 Å². The van der Waals surface area contributed by atoms with Crippen LogP contribution >= 0.6 is 0 Å². The van der Waals surface area contributed by atoms with Crippen LogP contribution in [-0.2, 0) is 35.4 Å². The molecule has 3 aromatic rings. The molecule has 1 aliphatic heterocycles. The largest absolute Gasteiger partial charge is 0.481 e. The van der Waals surface area contributed by atoms with Gasteiger partial charge in [0.15, 0.2) is 5.78 Å². The summed E-state index contributed by atoms with van der Waals surface area (Å²) < 4.78 is 2.24. The fourth-order valence-corrected chi connectivity index (χ4v) is 4.52. The molecule has 0 saturated carbocycles. The highest BCUT2D eigenvalue weighted by atomic mass is 16.4. The number of benzene rings is 2. The lowest BCUT2D eigenvalue weighted by Gasteiger charge is -2.27. The van der Waals surface area contributed by atoms with E-state index in [0.29, 0.717) is 13.0 Å². The zero-order chi connectivity index (χ0) is 22.0. The van der Waals surface area contributed by atoms with Gasteiger partial charge in [0.25, 0.3) is 0 Å². The minimum atomic E-state index is -0.802. The van der Waals surface area contributed by atoms with E-state index in [4.69, 9.17) is 0 Å². The quantitative estimate of drug-likeness (QED) is 0.587. The van der Waals surface area contributed by atoms with Crippen molar-refractivity contribution >= 4 is 28.3 Å². The Labute approximate surface area is 182 Å². The van der Waals surface area contributed by atoms with E-state index in [0.717, 1.165) is 52.8 Å². The van der Waals surface area contributed by atoms with Crippen molar-refractivity contribution in [3.63, 3.8) is 0 Å². The number of ketones is 1. The number of hydrogen-bond donors (Lipinski definition) is 2. The minimum absolute atomic E-state index is 0.0477. The molecule has 4 rings (SSSR count). The molecule has 0 radical (unpaired) electrons. The van der Waals surface area contributed by atoms with Gasteiger partial charge in [-0.1, -0.05) is 30.3 Å². The number of para-hydroxylation sites is 1. The number of hydrogen-bond acceptors (Lipinski definition) is 4. The van der Waals surface area contributed by atoms with Crippen molar-refractivity contribution in [1.29, 1.82) is 0 Å². The molecule has 0 spiro atoms. The predicted octanol–water partition coefficient (Wildman–Crippen LogP) is 3.05. The molecular weight excluding hydrogens is 390 g/mol. The standard InChI is InChI=1S/C25H29N3O3/c1-27(2)19-10-7-17(8-11-19)13-20(29)15-26-18-9-12-24-22(14-25(30)31)21-5-3-4-6-23(21)28(24)16-18/h3-8,10-11,18,26H,9,12-16H2,1-2H3,(H,30,31)/t18-/m1/s1. The highest BCUT2D eigenvalue weighted by Crippen LogP contribution is 2.31. The lowest BCUT2D eigenvalue weighted by Crippen LogP contribution is -2.40. The van der Waals surface area contributed by atoms with Crippen LogP contribution in [0.2, 0.25) is 0 Å². The van der Waals surface area contributed by atoms with Gasteiger partial charge in [0.05, 0.1) is 13.0 Å². The zero-order valence-electron chi connectivity index (χ0n) is 18.1. The van der Waals surface area contributed by atoms with Gasteiger partial charge in [0, 0.05) is 55.4 Å². The fraction of sp³-hybridized carbons (Fsp3) is 0.360. The van der Waals surface area contributed by atoms with Gasteiger partial charge in [0.2, 0.25) is 0 Å². The Morgan fingerprint density at radius 1 is 1.10 bits per heavy atom. The number of Topliss-reactive ketones (excluding diaryl/α,β-unsaturated/α-hetero) is 1. The van der Waals surface area contributed by atoms with E-state index < -0.39 is 5.97 Å². The third-order valence-electron chi connectivity index (χ3n) is 6.10. The van der Waals surface area contributed by atoms with E-state index in [-0.39, 0.29) is 18.2 Å². The lowest BCUT2D eigenvalue weighted by atomic mass is 10.00. The van der Waals surface area contributed by atoms with Crippen molar-refractivity contribution in [3.05, 3.63) is 65.4 Å². The molecule has 0 amide bonds. The van der Waals surface area contributed by atoms with Crippen LogP contribution in [0.5, 0.6) is 0 Å². The summed E-state index contributed by atoms with van der Waals surface area (Å²) in [5.74, 6) is -0.629. The second kappa shape index (κ2) is 8.94. The topological polar surface area (TPSA) is 74.6 Å². The number of anilines is 1. The summed E-state index contributed by atoms with van der Waals surface area (Å²) in [6.45, 7) is 1.09. The van der Waals surface area contributed by atoms with Crippen LogP contribution in [0.25, 0.3) is 10.9 Å². The first-order valence-corrected chi connectivity index (χ1v) is 10.7. The summed E-state index contributed by atoms with van der Waals surface area (Å²) in [5.41, 5.74) is 5.27. The lowest BCUT2D eigenvalue weighted by molar-refractivity contribution is -0.136. The molecule has 0 bridgehead atoms. The number of nitrogens with zero attached hydrogens (tertiary/aromatic N) is 2. The molecule has 31 heavy (non-hydrogen) atoms. The minimum Gasteiger partial charge on any atom is -0.481 e. The maximum Gasteiger partial charge on any atom is 0.307 e. The molecule has 6 heteroatoms. The number of carboxylic acid groups (broad SMARTS) is 1. The van der Waals surface area contributed by atoms with Crippen LogP contribution in [-0.4, -0.2) is 48.1 Å². The van der Waals surface area contributed by atoms with Gasteiger partial charge in [-0.25, -0.2) is 0 Å². The first-order chi connectivity index (χ1) is 14.9. The Morgan fingerprint density at radius 2 is 1.84 bits per heavy atom. The molecule has 2 aromatic carbocycles. The SMILES string of the molecule is CN(C)c1ccc(CC(=O)CN[C@@H]2CCc3c(CC(=O)O)c4ccccc4n3C2)cc1. The van der Waals surface area contributed by atoms with Crippen molar-refractivity contribution in [2.45, 2.75) is 38.3 Å². The van der Waals surface area contributed by atoms with E-state index >= 15 is 0 Å². The molecule has 2 N–H and O–H groups in total. The normalized spacial score (nSPS) is 15.6. The van der Waals surface area contributed by atoms with E-state index in [1.54, 1.807) is 0 Å². The highest BCUT2D eigenvalue weighted by molar-refractivity contribution is 5.89. The Bertz CT molecular complexity index is 1100. The first kappa shape index (κ1) is 21.1. The van der Waals surface area contributed by atoms with Gasteiger partial charge in [-0.05, 0) is 42.2 Å². The number of aromatic nitrogens is 1. The number of aliphatic carboxylic acids is 1. The predicted molar refractivity (Wildman–Crippen MR) is 123 cm³/mol. The van der Waals surface area contributed by atoms with Crippen molar-refractivity contribution in [1.82, 2.24) is 9.88 Å². The van der Waals surface area contributed by atoms with Crippen molar-refractivity contribution in [2.75, 3.05) is 25.5 Å². The Kier molecular flexibility index (Phi) is 6.09. The molecule has 1 aromatic heterocycles. The molecule has 0 fully saturated rings. The van der Waals surface area contributed by atoms with Crippen LogP contribution < -0.4 is 10.2 Å². The van der Waals surface area contributed by atoms with Crippen LogP contribution in [0.3, 0.4) is 0 Å². The number of carbonyl (C=O) groups is 2. The van der Waals surface area contributed by atoms with Gasteiger partial charge >= 0.3 is 5.97 Å². The van der Waals surface area contributed by atoms with Gasteiger partial charge in [0.1, 0.15) is 0 Å². The van der Waals surface area contributed by atoms with Gasteiger partial charge in [-0.3, -0.25) is 9.59 Å². The third kappa shape index (κ3) is 4.64. The number of carboxylic acids is 1. The Balaban J connectivity index is 1.40. The summed E-state index contributed by atoms with van der Waals surface area (Å²) >= 11 is 0. The van der Waals surface area contributed by atoms with Crippen LogP contribution in [0.1, 0.15) is 23.2 Å². The third-order valence-corrected chi connectivity index (χ3v) is 6.10. The van der Waals surface area contributed by atoms with Crippen LogP contribution in [0, 0.1) is 0 Å². The summed E-state index contributed by atoms with van der Waals surface area (Å²) in [4.78, 5) is 25.9. The second-order valence-corrected chi connectivity index (χ2v) is 8.52. The molecule has 1 aliphatic rings. The molecule has 6 nitrogen and oxygen atoms in total. The number of rotatable bonds is 8. The van der Waals surface area contributed by atoms with Crippen LogP contribution in [0.15, 0.2) is 48.5 Å². The van der Waals surface area contributed by atoms with E-state index in [2.05, 4.69) is 16.0 Å². The highest BCUT2D eigenvalue weighted by Gasteiger charge is 2.25. The van der Waals surface area contributed by atoms with Crippen molar-refractivity contribution < 1.29 is 14.7 Å². The second-order valence-electron chi connectivity index (χ2n) is 8.52.